The van der Waals surface area contributed by atoms with Crippen molar-refractivity contribution in [2.45, 2.75) is 88.1 Å². The van der Waals surface area contributed by atoms with E-state index < -0.39 is 47.0 Å². The number of rotatable bonds is 9. The zero-order valence-corrected chi connectivity index (χ0v) is 22.4. The van der Waals surface area contributed by atoms with Gasteiger partial charge in [0.05, 0.1) is 24.2 Å². The molecule has 3 unspecified atom stereocenters. The van der Waals surface area contributed by atoms with Gasteiger partial charge in [-0.15, -0.1) is 6.58 Å². The molecule has 1 saturated carbocycles. The first-order valence-electron chi connectivity index (χ1n) is 14.0. The standard InChI is InChI=1S/C30H40N2O6/c1-4-15-31(21-13-9-6-10-14-21)27(35)25-30-17-19(2)29(3,38-30)24(28(36)37)23(30)26(34)32(25)22(18-33)16-20-11-7-5-8-12-20/h4-5,7-8,11-12,19,21-25,33H,1,6,9-10,13-18H2,2-3H3,(H,36,37)/t19?,22-,23+,24+,25?,29-,30?/m1/s1. The second-order valence-corrected chi connectivity index (χ2v) is 11.9. The molecule has 4 aliphatic rings. The van der Waals surface area contributed by atoms with Crippen LogP contribution in [-0.4, -0.2) is 80.3 Å². The monoisotopic (exact) mass is 524 g/mol. The van der Waals surface area contributed by atoms with Gasteiger partial charge in [-0.05, 0) is 44.1 Å². The van der Waals surface area contributed by atoms with Gasteiger partial charge in [0.15, 0.2) is 0 Å². The van der Waals surface area contributed by atoms with E-state index in [0.717, 1.165) is 37.7 Å². The summed E-state index contributed by atoms with van der Waals surface area (Å²) < 4.78 is 6.65. The molecule has 1 spiro atoms. The number of carbonyl (C=O) groups excluding carboxylic acids is 2. The first-order valence-corrected chi connectivity index (χ1v) is 14.0. The van der Waals surface area contributed by atoms with Crippen LogP contribution in [0, 0.1) is 17.8 Å². The topological polar surface area (TPSA) is 107 Å². The van der Waals surface area contributed by atoms with Crippen LogP contribution in [0.3, 0.4) is 0 Å². The molecule has 3 saturated heterocycles. The molecule has 5 rings (SSSR count). The minimum atomic E-state index is -1.25. The summed E-state index contributed by atoms with van der Waals surface area (Å²) in [4.78, 5) is 44.9. The fourth-order valence-electron chi connectivity index (χ4n) is 7.97. The Labute approximate surface area is 224 Å². The molecule has 206 valence electrons. The quantitative estimate of drug-likeness (QED) is 0.481. The van der Waals surface area contributed by atoms with Gasteiger partial charge < -0.3 is 24.7 Å². The number of aliphatic hydroxyl groups excluding tert-OH is 1. The number of carboxylic acid groups (broad SMARTS) is 1. The maximum absolute atomic E-state index is 14.7. The maximum atomic E-state index is 14.7. The van der Waals surface area contributed by atoms with Gasteiger partial charge in [-0.3, -0.25) is 14.4 Å². The molecule has 2 N–H and O–H groups in total. The lowest BCUT2D eigenvalue weighted by molar-refractivity contribution is -0.161. The molecule has 8 nitrogen and oxygen atoms in total. The van der Waals surface area contributed by atoms with Crippen LogP contribution in [0.2, 0.25) is 0 Å². The molecule has 38 heavy (non-hydrogen) atoms. The lowest BCUT2D eigenvalue weighted by atomic mass is 9.62. The summed E-state index contributed by atoms with van der Waals surface area (Å²) in [6.07, 6.45) is 7.47. The van der Waals surface area contributed by atoms with Crippen LogP contribution in [0.25, 0.3) is 0 Å². The van der Waals surface area contributed by atoms with E-state index in [-0.39, 0.29) is 24.5 Å². The number of aliphatic hydroxyl groups is 1. The summed E-state index contributed by atoms with van der Waals surface area (Å²) >= 11 is 0. The van der Waals surface area contributed by atoms with Crippen LogP contribution in [0.5, 0.6) is 0 Å². The summed E-state index contributed by atoms with van der Waals surface area (Å²) in [6, 6.07) is 7.89. The van der Waals surface area contributed by atoms with Gasteiger partial charge in [0, 0.05) is 12.6 Å². The van der Waals surface area contributed by atoms with Gasteiger partial charge in [0.25, 0.3) is 0 Å². The average Bonchev–Trinajstić information content (AvgIpc) is 3.43. The van der Waals surface area contributed by atoms with Crippen molar-refractivity contribution in [1.82, 2.24) is 9.80 Å². The number of fused-ring (bicyclic) bond motifs is 1. The molecular formula is C30H40N2O6. The van der Waals surface area contributed by atoms with Crippen molar-refractivity contribution in [3.8, 4) is 0 Å². The third-order valence-corrected chi connectivity index (χ3v) is 9.80. The molecule has 2 bridgehead atoms. The molecule has 1 aromatic carbocycles. The minimum absolute atomic E-state index is 0.0326. The molecular weight excluding hydrogens is 484 g/mol. The van der Waals surface area contributed by atoms with Gasteiger partial charge in [0.2, 0.25) is 11.8 Å². The van der Waals surface area contributed by atoms with Crippen LogP contribution in [-0.2, 0) is 25.5 Å². The van der Waals surface area contributed by atoms with E-state index in [1.54, 1.807) is 13.0 Å². The second-order valence-electron chi connectivity index (χ2n) is 11.9. The second kappa shape index (κ2) is 10.1. The number of ether oxygens (including phenoxy) is 1. The Kier molecular flexibility index (Phi) is 7.16. The van der Waals surface area contributed by atoms with Crippen molar-refractivity contribution in [3.63, 3.8) is 0 Å². The Bertz CT molecular complexity index is 1090. The summed E-state index contributed by atoms with van der Waals surface area (Å²) in [6.45, 7) is 7.62. The largest absolute Gasteiger partial charge is 0.481 e. The molecule has 4 fully saturated rings. The number of hydrogen-bond donors (Lipinski definition) is 2. The number of carbonyl (C=O) groups is 3. The fraction of sp³-hybridized carbons (Fsp3) is 0.633. The summed E-state index contributed by atoms with van der Waals surface area (Å²) in [5.74, 6) is -3.88. The van der Waals surface area contributed by atoms with Crippen molar-refractivity contribution < 1.29 is 29.3 Å². The van der Waals surface area contributed by atoms with Crippen LogP contribution < -0.4 is 0 Å². The highest BCUT2D eigenvalue weighted by atomic mass is 16.5. The van der Waals surface area contributed by atoms with Gasteiger partial charge in [-0.25, -0.2) is 0 Å². The van der Waals surface area contributed by atoms with Crippen molar-refractivity contribution in [2.24, 2.45) is 17.8 Å². The molecule has 1 aliphatic carbocycles. The van der Waals surface area contributed by atoms with Crippen molar-refractivity contribution in [2.75, 3.05) is 13.2 Å². The number of nitrogens with zero attached hydrogens (tertiary/aromatic N) is 2. The molecule has 2 amide bonds. The molecule has 7 atom stereocenters. The average molecular weight is 525 g/mol. The van der Waals surface area contributed by atoms with Crippen LogP contribution >= 0.6 is 0 Å². The first kappa shape index (κ1) is 26.9. The Morgan fingerprint density at radius 2 is 1.92 bits per heavy atom. The minimum Gasteiger partial charge on any atom is -0.481 e. The molecule has 0 radical (unpaired) electrons. The Morgan fingerprint density at radius 1 is 1.24 bits per heavy atom. The Morgan fingerprint density at radius 3 is 2.53 bits per heavy atom. The van der Waals surface area contributed by atoms with E-state index >= 15 is 0 Å². The third kappa shape index (κ3) is 3.99. The van der Waals surface area contributed by atoms with Crippen LogP contribution in [0.4, 0.5) is 0 Å². The summed E-state index contributed by atoms with van der Waals surface area (Å²) in [7, 11) is 0. The van der Waals surface area contributed by atoms with E-state index in [0.29, 0.717) is 19.4 Å². The van der Waals surface area contributed by atoms with E-state index in [2.05, 4.69) is 6.58 Å². The van der Waals surface area contributed by atoms with Crippen molar-refractivity contribution in [1.29, 1.82) is 0 Å². The number of amides is 2. The predicted molar refractivity (Wildman–Crippen MR) is 141 cm³/mol. The highest BCUT2D eigenvalue weighted by molar-refractivity contribution is 5.98. The molecule has 1 aromatic rings. The molecule has 0 aromatic heterocycles. The van der Waals surface area contributed by atoms with E-state index in [1.807, 2.05) is 42.2 Å². The highest BCUT2D eigenvalue weighted by Gasteiger charge is 2.80. The normalized spacial score (nSPS) is 35.2. The zero-order chi connectivity index (χ0) is 27.2. The first-order chi connectivity index (χ1) is 18.2. The molecule has 8 heteroatoms. The summed E-state index contributed by atoms with van der Waals surface area (Å²) in [5.41, 5.74) is -1.36. The van der Waals surface area contributed by atoms with E-state index in [1.165, 1.54) is 4.90 Å². The lowest BCUT2D eigenvalue weighted by Gasteiger charge is -2.42. The molecule has 3 heterocycles. The van der Waals surface area contributed by atoms with Crippen LogP contribution in [0.1, 0.15) is 57.9 Å². The van der Waals surface area contributed by atoms with E-state index in [4.69, 9.17) is 4.74 Å². The fourth-order valence-corrected chi connectivity index (χ4v) is 7.97. The lowest BCUT2D eigenvalue weighted by Crippen LogP contribution is -2.60. The number of carboxylic acids is 1. The van der Waals surface area contributed by atoms with Gasteiger partial charge in [0.1, 0.15) is 17.6 Å². The number of aliphatic carboxylic acids is 1. The predicted octanol–water partition coefficient (Wildman–Crippen LogP) is 3.03. The van der Waals surface area contributed by atoms with Crippen LogP contribution in [0.15, 0.2) is 43.0 Å². The smallest absolute Gasteiger partial charge is 0.310 e. The van der Waals surface area contributed by atoms with E-state index in [9.17, 15) is 24.6 Å². The number of likely N-dealkylation sites (tertiary alicyclic amines) is 1. The molecule has 3 aliphatic heterocycles. The number of benzene rings is 1. The van der Waals surface area contributed by atoms with Crippen molar-refractivity contribution >= 4 is 17.8 Å². The van der Waals surface area contributed by atoms with Crippen molar-refractivity contribution in [3.05, 3.63) is 48.6 Å². The number of hydrogen-bond acceptors (Lipinski definition) is 5. The SMILES string of the molecule is C=CCN(C(=O)C1N([C@@H](CO)Cc2ccccc2)C(=O)[C@@H]2[C@@H](C(=O)O)[C@]3(C)OC12CC3C)C1CCCCC1. The van der Waals surface area contributed by atoms with Gasteiger partial charge >= 0.3 is 5.97 Å². The van der Waals surface area contributed by atoms with Gasteiger partial charge in [-0.1, -0.05) is 62.6 Å². The zero-order valence-electron chi connectivity index (χ0n) is 22.4. The third-order valence-electron chi connectivity index (χ3n) is 9.80. The Balaban J connectivity index is 1.61. The maximum Gasteiger partial charge on any atom is 0.310 e. The summed E-state index contributed by atoms with van der Waals surface area (Å²) in [5, 5.41) is 20.9. The Hall–Kier alpha value is -2.71. The van der Waals surface area contributed by atoms with Gasteiger partial charge in [-0.2, -0.15) is 0 Å². The highest BCUT2D eigenvalue weighted by Crippen LogP contribution is 2.65.